The van der Waals surface area contributed by atoms with Crippen LogP contribution in [0.4, 0.5) is 10.1 Å². The van der Waals surface area contributed by atoms with E-state index >= 15 is 0 Å². The van der Waals surface area contributed by atoms with Crippen LogP contribution in [0.2, 0.25) is 0 Å². The Labute approximate surface area is 122 Å². The fourth-order valence-electron chi connectivity index (χ4n) is 3.37. The number of halogens is 1. The third-order valence-corrected chi connectivity index (χ3v) is 4.24. The molecule has 106 valence electrons. The molecule has 2 heterocycles. The molecule has 0 fully saturated rings. The summed E-state index contributed by atoms with van der Waals surface area (Å²) < 4.78 is 15.6. The van der Waals surface area contributed by atoms with E-state index in [0.29, 0.717) is 6.54 Å². The average molecular weight is 281 g/mol. The third-order valence-electron chi connectivity index (χ3n) is 4.24. The molecule has 1 aliphatic carbocycles. The van der Waals surface area contributed by atoms with E-state index in [2.05, 4.69) is 21.7 Å². The molecular formula is C17H16FN3. The molecule has 0 unspecified atom stereocenters. The molecule has 0 aliphatic heterocycles. The summed E-state index contributed by atoms with van der Waals surface area (Å²) in [5, 5.41) is 1.24. The van der Waals surface area contributed by atoms with E-state index in [1.165, 1.54) is 34.6 Å². The van der Waals surface area contributed by atoms with Crippen molar-refractivity contribution < 1.29 is 4.39 Å². The fourth-order valence-corrected chi connectivity index (χ4v) is 3.37. The van der Waals surface area contributed by atoms with Gasteiger partial charge in [-0.2, -0.15) is 4.39 Å². The van der Waals surface area contributed by atoms with Gasteiger partial charge in [-0.15, -0.1) is 0 Å². The molecule has 3 aromatic rings. The van der Waals surface area contributed by atoms with Crippen LogP contribution < -0.4 is 5.73 Å². The third kappa shape index (κ3) is 1.98. The van der Waals surface area contributed by atoms with Crippen molar-refractivity contribution in [2.45, 2.75) is 25.8 Å². The predicted molar refractivity (Wildman–Crippen MR) is 81.7 cm³/mol. The molecule has 4 heteroatoms. The average Bonchev–Trinajstić information content (AvgIpc) is 3.02. The van der Waals surface area contributed by atoms with Crippen LogP contribution >= 0.6 is 0 Å². The molecule has 0 amide bonds. The van der Waals surface area contributed by atoms with Gasteiger partial charge in [0.05, 0.1) is 12.2 Å². The van der Waals surface area contributed by atoms with Crippen LogP contribution in [-0.2, 0) is 19.4 Å². The zero-order valence-electron chi connectivity index (χ0n) is 11.6. The van der Waals surface area contributed by atoms with Crippen LogP contribution in [0.3, 0.4) is 0 Å². The monoisotopic (exact) mass is 281 g/mol. The number of hydrogen-bond donors (Lipinski definition) is 1. The highest BCUT2D eigenvalue weighted by molar-refractivity contribution is 5.88. The van der Waals surface area contributed by atoms with E-state index in [0.717, 1.165) is 24.2 Å². The van der Waals surface area contributed by atoms with Gasteiger partial charge in [0.1, 0.15) is 0 Å². The molecule has 0 bridgehead atoms. The van der Waals surface area contributed by atoms with Gasteiger partial charge < -0.3 is 10.3 Å². The van der Waals surface area contributed by atoms with E-state index in [1.54, 1.807) is 6.07 Å². The van der Waals surface area contributed by atoms with Gasteiger partial charge >= 0.3 is 0 Å². The Kier molecular flexibility index (Phi) is 2.70. The molecule has 21 heavy (non-hydrogen) atoms. The number of hydrogen-bond acceptors (Lipinski definition) is 2. The molecule has 4 rings (SSSR count). The van der Waals surface area contributed by atoms with Crippen LogP contribution in [0.15, 0.2) is 36.4 Å². The number of rotatable bonds is 2. The maximum absolute atomic E-state index is 13.3. The Hall–Kier alpha value is -2.36. The number of fused-ring (bicyclic) bond motifs is 3. The molecular weight excluding hydrogens is 265 g/mol. The molecule has 0 spiro atoms. The number of benzene rings is 1. The number of anilines is 1. The number of nitrogens with two attached hydrogens (primary N) is 1. The van der Waals surface area contributed by atoms with E-state index in [4.69, 9.17) is 5.73 Å². The maximum atomic E-state index is 13.3. The first-order valence-electron chi connectivity index (χ1n) is 7.23. The summed E-state index contributed by atoms with van der Waals surface area (Å²) in [5.74, 6) is -0.426. The minimum Gasteiger partial charge on any atom is -0.399 e. The lowest BCUT2D eigenvalue weighted by atomic mass is 10.1. The largest absolute Gasteiger partial charge is 0.399 e. The van der Waals surface area contributed by atoms with E-state index in [1.807, 2.05) is 12.1 Å². The van der Waals surface area contributed by atoms with Gasteiger partial charge in [-0.05, 0) is 55.2 Å². The van der Waals surface area contributed by atoms with Gasteiger partial charge in [0.2, 0.25) is 5.95 Å². The topological polar surface area (TPSA) is 43.8 Å². The molecule has 1 aliphatic rings. The second-order valence-corrected chi connectivity index (χ2v) is 5.59. The maximum Gasteiger partial charge on any atom is 0.213 e. The van der Waals surface area contributed by atoms with Crippen molar-refractivity contribution in [2.75, 3.05) is 5.73 Å². The molecule has 0 saturated heterocycles. The van der Waals surface area contributed by atoms with Crippen molar-refractivity contribution in [3.8, 4) is 0 Å². The highest BCUT2D eigenvalue weighted by Crippen LogP contribution is 2.34. The van der Waals surface area contributed by atoms with Gasteiger partial charge in [-0.25, -0.2) is 4.98 Å². The predicted octanol–water partition coefficient (Wildman–Crippen LogP) is 3.29. The van der Waals surface area contributed by atoms with Gasteiger partial charge in [0.15, 0.2) is 0 Å². The Bertz CT molecular complexity index is 835. The van der Waals surface area contributed by atoms with Gasteiger partial charge in [-0.3, -0.25) is 0 Å². The van der Waals surface area contributed by atoms with Crippen LogP contribution in [0.5, 0.6) is 0 Å². The second kappa shape index (κ2) is 4.58. The minimum absolute atomic E-state index is 0.426. The van der Waals surface area contributed by atoms with Gasteiger partial charge in [0.25, 0.3) is 0 Å². The Morgan fingerprint density at radius 2 is 2.10 bits per heavy atom. The standard InChI is InChI=1S/C17H16FN3/c18-17-6-1-3-12(20-17)10-21-15-5-2-4-13(15)14-9-11(19)7-8-16(14)21/h1,3,6-9H,2,4-5,10,19H2. The zero-order chi connectivity index (χ0) is 14.4. The number of aryl methyl sites for hydroxylation is 1. The van der Waals surface area contributed by atoms with Gasteiger partial charge in [0, 0.05) is 22.3 Å². The van der Waals surface area contributed by atoms with Crippen molar-refractivity contribution in [3.63, 3.8) is 0 Å². The summed E-state index contributed by atoms with van der Waals surface area (Å²) in [7, 11) is 0. The smallest absolute Gasteiger partial charge is 0.213 e. The lowest BCUT2D eigenvalue weighted by Gasteiger charge is -2.09. The van der Waals surface area contributed by atoms with Crippen molar-refractivity contribution in [1.29, 1.82) is 0 Å². The minimum atomic E-state index is -0.426. The number of aromatic nitrogens is 2. The quantitative estimate of drug-likeness (QED) is 0.578. The molecule has 3 nitrogen and oxygen atoms in total. The Morgan fingerprint density at radius 1 is 1.19 bits per heavy atom. The summed E-state index contributed by atoms with van der Waals surface area (Å²) in [5.41, 5.74) is 11.4. The molecule has 2 N–H and O–H groups in total. The first kappa shape index (κ1) is 12.4. The molecule has 1 aromatic carbocycles. The number of nitrogens with zero attached hydrogens (tertiary/aromatic N) is 2. The number of pyridine rings is 1. The summed E-state index contributed by atoms with van der Waals surface area (Å²) in [4.78, 5) is 3.99. The molecule has 0 atom stereocenters. The van der Waals surface area contributed by atoms with E-state index in [9.17, 15) is 4.39 Å². The van der Waals surface area contributed by atoms with Crippen LogP contribution in [-0.4, -0.2) is 9.55 Å². The second-order valence-electron chi connectivity index (χ2n) is 5.59. The Morgan fingerprint density at radius 3 is 2.95 bits per heavy atom. The van der Waals surface area contributed by atoms with E-state index in [-0.39, 0.29) is 0 Å². The van der Waals surface area contributed by atoms with Crippen molar-refractivity contribution in [1.82, 2.24) is 9.55 Å². The zero-order valence-corrected chi connectivity index (χ0v) is 11.6. The SMILES string of the molecule is Nc1ccc2c(c1)c1c(n2Cc2cccc(F)n2)CCC1. The molecule has 2 aromatic heterocycles. The lowest BCUT2D eigenvalue weighted by molar-refractivity contribution is 0.572. The molecule has 0 saturated carbocycles. The first-order valence-corrected chi connectivity index (χ1v) is 7.23. The highest BCUT2D eigenvalue weighted by atomic mass is 19.1. The Balaban J connectivity index is 1.88. The summed E-state index contributed by atoms with van der Waals surface area (Å²) in [6.07, 6.45) is 3.34. The lowest BCUT2D eigenvalue weighted by Crippen LogP contribution is -2.05. The summed E-state index contributed by atoms with van der Waals surface area (Å²) in [6, 6.07) is 11.0. The number of nitrogen functional groups attached to an aromatic ring is 1. The highest BCUT2D eigenvalue weighted by Gasteiger charge is 2.21. The summed E-state index contributed by atoms with van der Waals surface area (Å²) in [6.45, 7) is 0.605. The van der Waals surface area contributed by atoms with Gasteiger partial charge in [-0.1, -0.05) is 6.07 Å². The van der Waals surface area contributed by atoms with Crippen molar-refractivity contribution in [2.24, 2.45) is 0 Å². The van der Waals surface area contributed by atoms with Crippen LogP contribution in [0.25, 0.3) is 10.9 Å². The first-order chi connectivity index (χ1) is 10.2. The summed E-state index contributed by atoms with van der Waals surface area (Å²) >= 11 is 0. The van der Waals surface area contributed by atoms with Crippen molar-refractivity contribution in [3.05, 3.63) is 59.3 Å². The van der Waals surface area contributed by atoms with Crippen LogP contribution in [0.1, 0.15) is 23.4 Å². The normalized spacial score (nSPS) is 13.8. The molecule has 0 radical (unpaired) electrons. The van der Waals surface area contributed by atoms with E-state index < -0.39 is 5.95 Å². The van der Waals surface area contributed by atoms with Crippen molar-refractivity contribution >= 4 is 16.6 Å². The van der Waals surface area contributed by atoms with Crippen LogP contribution in [0, 0.1) is 5.95 Å². The fraction of sp³-hybridized carbons (Fsp3) is 0.235.